The summed E-state index contributed by atoms with van der Waals surface area (Å²) < 4.78 is 34.1. The average Bonchev–Trinajstić information content (AvgIpc) is 3.14. The van der Waals surface area contributed by atoms with Crippen molar-refractivity contribution < 1.29 is 58.3 Å². The first-order valence-electron chi connectivity index (χ1n) is 21.4. The molecule has 0 aliphatic heterocycles. The van der Waals surface area contributed by atoms with Crippen molar-refractivity contribution in [3.05, 3.63) is 0 Å². The van der Waals surface area contributed by atoms with Crippen LogP contribution in [0.5, 0.6) is 0 Å². The summed E-state index contributed by atoms with van der Waals surface area (Å²) in [5, 5.41) is 50.0. The van der Waals surface area contributed by atoms with E-state index in [4.69, 9.17) is 18.5 Å². The first kappa shape index (κ1) is 50.4. The molecule has 0 aromatic carbocycles. The smallest absolute Gasteiger partial charge is 0.457 e. The normalized spacial score (nSPS) is 23.5. The second-order valence-corrected chi connectivity index (χ2v) is 16.6. The number of phosphoric ester groups is 1. The van der Waals surface area contributed by atoms with Crippen molar-refractivity contribution in [1.29, 1.82) is 0 Å². The number of carbonyl (C=O) groups excluding carboxylic acids is 1. The molecule has 0 aromatic rings. The van der Waals surface area contributed by atoms with Crippen LogP contribution in [-0.4, -0.2) is 98.9 Å². The van der Waals surface area contributed by atoms with Crippen LogP contribution in [0.4, 0.5) is 0 Å². The Hall–Kier alpha value is -0.660. The summed E-state index contributed by atoms with van der Waals surface area (Å²) in [6.45, 7) is 4.26. The molecule has 0 aromatic heterocycles. The Morgan fingerprint density at radius 2 is 0.887 bits per heavy atom. The maximum atomic E-state index is 12.8. The summed E-state index contributed by atoms with van der Waals surface area (Å²) in [4.78, 5) is 23.0. The van der Waals surface area contributed by atoms with E-state index in [-0.39, 0.29) is 13.0 Å². The molecule has 316 valence electrons. The van der Waals surface area contributed by atoms with E-state index in [1.807, 2.05) is 0 Å². The summed E-state index contributed by atoms with van der Waals surface area (Å²) in [6.07, 6.45) is 18.9. The minimum Gasteiger partial charge on any atom is -0.457 e. The molecule has 12 nitrogen and oxygen atoms in total. The van der Waals surface area contributed by atoms with Gasteiger partial charge in [0.05, 0.1) is 13.2 Å². The number of aliphatic hydroxyl groups is 5. The van der Waals surface area contributed by atoms with Gasteiger partial charge in [-0.1, -0.05) is 168 Å². The molecule has 1 saturated carbocycles. The number of aliphatic hydroxyl groups excluding tert-OH is 5. The van der Waals surface area contributed by atoms with Crippen LogP contribution in [0.3, 0.4) is 0 Å². The van der Waals surface area contributed by atoms with Crippen LogP contribution in [0.2, 0.25) is 0 Å². The lowest BCUT2D eigenvalue weighted by Gasteiger charge is -2.41. The minimum atomic E-state index is -5.00. The molecule has 0 saturated heterocycles. The molecular formula is C40H79O12P. The molecule has 6 N–H and O–H groups in total. The molecule has 1 fully saturated rings. The predicted molar refractivity (Wildman–Crippen MR) is 207 cm³/mol. The molecule has 1 aliphatic carbocycles. The number of hydrogen-bond donors (Lipinski definition) is 6. The Kier molecular flexibility index (Phi) is 30.8. The zero-order valence-electron chi connectivity index (χ0n) is 33.3. The lowest BCUT2D eigenvalue weighted by Crippen LogP contribution is -2.64. The standard InChI is InChI=1S/C40H79O12P/c1-3-5-7-9-11-13-15-17-19-21-23-25-27-29-34(41)51-33(31-49-30-28-26-24-22-20-18-16-14-12-10-8-6-4-2)32-50-53(47,48)52-40-38(45)36(43)35(42)37(44)39(40)46/h33,35-40,42-46H,3-32H2,1-2H3,(H,47,48). The topological polar surface area (TPSA) is 192 Å². The number of phosphoric acid groups is 1. The van der Waals surface area contributed by atoms with E-state index in [0.717, 1.165) is 38.5 Å². The molecular weight excluding hydrogens is 703 g/mol. The first-order chi connectivity index (χ1) is 25.5. The highest BCUT2D eigenvalue weighted by molar-refractivity contribution is 7.47. The molecule has 13 heteroatoms. The van der Waals surface area contributed by atoms with Crippen LogP contribution in [0.25, 0.3) is 0 Å². The first-order valence-corrected chi connectivity index (χ1v) is 22.9. The summed E-state index contributed by atoms with van der Waals surface area (Å²) in [5.41, 5.74) is 0. The fourth-order valence-electron chi connectivity index (χ4n) is 6.77. The summed E-state index contributed by atoms with van der Waals surface area (Å²) in [6, 6.07) is 0. The summed E-state index contributed by atoms with van der Waals surface area (Å²) >= 11 is 0. The lowest BCUT2D eigenvalue weighted by molar-refractivity contribution is -0.220. The molecule has 1 aliphatic rings. The number of hydrogen-bond acceptors (Lipinski definition) is 11. The van der Waals surface area contributed by atoms with Gasteiger partial charge in [-0.15, -0.1) is 0 Å². The Balaban J connectivity index is 2.43. The van der Waals surface area contributed by atoms with Crippen molar-refractivity contribution in [2.24, 2.45) is 0 Å². The van der Waals surface area contributed by atoms with Crippen molar-refractivity contribution in [3.8, 4) is 0 Å². The maximum absolute atomic E-state index is 12.8. The molecule has 0 bridgehead atoms. The minimum absolute atomic E-state index is 0.0686. The van der Waals surface area contributed by atoms with Crippen LogP contribution in [0.1, 0.15) is 187 Å². The van der Waals surface area contributed by atoms with E-state index in [2.05, 4.69) is 13.8 Å². The Bertz CT molecular complexity index is 895. The molecule has 0 heterocycles. The lowest BCUT2D eigenvalue weighted by atomic mass is 9.85. The van der Waals surface area contributed by atoms with Gasteiger partial charge < -0.3 is 39.9 Å². The second kappa shape index (κ2) is 32.4. The quantitative estimate of drug-likeness (QED) is 0.0206. The third-order valence-corrected chi connectivity index (χ3v) is 11.2. The van der Waals surface area contributed by atoms with E-state index in [9.17, 15) is 39.8 Å². The van der Waals surface area contributed by atoms with Crippen LogP contribution < -0.4 is 0 Å². The van der Waals surface area contributed by atoms with Crippen LogP contribution in [0, 0.1) is 0 Å². The monoisotopic (exact) mass is 783 g/mol. The Morgan fingerprint density at radius 1 is 0.528 bits per heavy atom. The third-order valence-electron chi connectivity index (χ3n) is 10.2. The zero-order chi connectivity index (χ0) is 39.2. The van der Waals surface area contributed by atoms with Gasteiger partial charge >= 0.3 is 13.8 Å². The van der Waals surface area contributed by atoms with Gasteiger partial charge in [0.1, 0.15) is 42.7 Å². The Morgan fingerprint density at radius 3 is 1.30 bits per heavy atom. The molecule has 0 radical (unpaired) electrons. The van der Waals surface area contributed by atoms with Gasteiger partial charge in [0.15, 0.2) is 0 Å². The zero-order valence-corrected chi connectivity index (χ0v) is 34.2. The van der Waals surface area contributed by atoms with Gasteiger partial charge in [0.25, 0.3) is 0 Å². The highest BCUT2D eigenvalue weighted by Gasteiger charge is 2.51. The van der Waals surface area contributed by atoms with Crippen molar-refractivity contribution in [2.75, 3.05) is 19.8 Å². The second-order valence-electron chi connectivity index (χ2n) is 15.2. The number of carbonyl (C=O) groups is 1. The summed E-state index contributed by atoms with van der Waals surface area (Å²) in [5.74, 6) is -0.474. The number of ether oxygens (including phenoxy) is 2. The van der Waals surface area contributed by atoms with Crippen LogP contribution >= 0.6 is 7.82 Å². The van der Waals surface area contributed by atoms with Crippen molar-refractivity contribution in [2.45, 2.75) is 230 Å². The average molecular weight is 783 g/mol. The van der Waals surface area contributed by atoms with Gasteiger partial charge in [-0.2, -0.15) is 0 Å². The molecule has 6 atom stereocenters. The van der Waals surface area contributed by atoms with Crippen LogP contribution in [-0.2, 0) is 27.9 Å². The van der Waals surface area contributed by atoms with Gasteiger partial charge in [0, 0.05) is 13.0 Å². The van der Waals surface area contributed by atoms with Crippen molar-refractivity contribution in [3.63, 3.8) is 0 Å². The van der Waals surface area contributed by atoms with Crippen molar-refractivity contribution in [1.82, 2.24) is 0 Å². The SMILES string of the molecule is CCCCCCCCCCCCCCCOCC(COP(=O)(O)OC1C(O)C(O)C(O)C(O)C1O)OC(=O)CCCCCCCCCCCCCCC. The van der Waals surface area contributed by atoms with Gasteiger partial charge in [-0.05, 0) is 12.8 Å². The molecule has 6 unspecified atom stereocenters. The predicted octanol–water partition coefficient (Wildman–Crippen LogP) is 7.81. The molecule has 53 heavy (non-hydrogen) atoms. The molecule has 0 amide bonds. The highest BCUT2D eigenvalue weighted by atomic mass is 31.2. The third kappa shape index (κ3) is 25.3. The largest absolute Gasteiger partial charge is 0.472 e. The highest BCUT2D eigenvalue weighted by Crippen LogP contribution is 2.47. The van der Waals surface area contributed by atoms with Crippen molar-refractivity contribution >= 4 is 13.8 Å². The van der Waals surface area contributed by atoms with E-state index < -0.39 is 63.1 Å². The van der Waals surface area contributed by atoms with Gasteiger partial charge in [0.2, 0.25) is 0 Å². The van der Waals surface area contributed by atoms with Crippen LogP contribution in [0.15, 0.2) is 0 Å². The number of rotatable bonds is 36. The van der Waals surface area contributed by atoms with E-state index in [0.29, 0.717) is 13.0 Å². The maximum Gasteiger partial charge on any atom is 0.472 e. The van der Waals surface area contributed by atoms with Gasteiger partial charge in [-0.3, -0.25) is 13.8 Å². The van der Waals surface area contributed by atoms with E-state index in [1.165, 1.54) is 122 Å². The fourth-order valence-corrected chi connectivity index (χ4v) is 7.74. The fraction of sp³-hybridized carbons (Fsp3) is 0.975. The van der Waals surface area contributed by atoms with E-state index in [1.54, 1.807) is 0 Å². The summed E-state index contributed by atoms with van der Waals surface area (Å²) in [7, 11) is -5.00. The molecule has 1 rings (SSSR count). The Labute approximate surface area is 321 Å². The number of unbranched alkanes of at least 4 members (excludes halogenated alkanes) is 24. The van der Waals surface area contributed by atoms with E-state index >= 15 is 0 Å². The van der Waals surface area contributed by atoms with Gasteiger partial charge in [-0.25, -0.2) is 4.57 Å². The number of esters is 1. The molecule has 0 spiro atoms.